The molecule has 0 radical (unpaired) electrons. The Labute approximate surface area is 88.4 Å². The monoisotopic (exact) mass is 210 g/mol. The molecule has 4 heteroatoms. The number of carbonyl (C=O) groups is 1. The Morgan fingerprint density at radius 1 is 1.40 bits per heavy atom. The number of aromatic carboxylic acids is 1. The highest BCUT2D eigenvalue weighted by Crippen LogP contribution is 2.06. The molecular formula is C11H14O4. The molecule has 0 atom stereocenters. The lowest BCUT2D eigenvalue weighted by molar-refractivity contribution is 0.0614. The van der Waals surface area contributed by atoms with Gasteiger partial charge in [-0.1, -0.05) is 12.1 Å². The smallest absolute Gasteiger partial charge is 0.335 e. The molecule has 0 unspecified atom stereocenters. The van der Waals surface area contributed by atoms with Gasteiger partial charge in [0.05, 0.1) is 25.4 Å². The number of benzene rings is 1. The van der Waals surface area contributed by atoms with E-state index in [1.807, 2.05) is 6.07 Å². The predicted octanol–water partition coefficient (Wildman–Crippen LogP) is 1.55. The topological polar surface area (TPSA) is 55.8 Å². The van der Waals surface area contributed by atoms with Crippen molar-refractivity contribution in [3.05, 3.63) is 35.4 Å². The molecule has 1 aromatic rings. The van der Waals surface area contributed by atoms with Crippen molar-refractivity contribution in [2.75, 3.05) is 20.3 Å². The molecule has 0 aromatic heterocycles. The largest absolute Gasteiger partial charge is 0.478 e. The fourth-order valence-corrected chi connectivity index (χ4v) is 1.13. The summed E-state index contributed by atoms with van der Waals surface area (Å²) in [6.45, 7) is 1.46. The van der Waals surface area contributed by atoms with Gasteiger partial charge in [-0.05, 0) is 17.7 Å². The maximum atomic E-state index is 10.7. The van der Waals surface area contributed by atoms with Crippen molar-refractivity contribution in [2.24, 2.45) is 0 Å². The zero-order valence-electron chi connectivity index (χ0n) is 8.60. The van der Waals surface area contributed by atoms with Gasteiger partial charge < -0.3 is 14.6 Å². The Morgan fingerprint density at radius 2 is 2.20 bits per heavy atom. The summed E-state index contributed by atoms with van der Waals surface area (Å²) in [7, 11) is 1.61. The maximum Gasteiger partial charge on any atom is 0.335 e. The van der Waals surface area contributed by atoms with Crippen LogP contribution in [0.1, 0.15) is 15.9 Å². The predicted molar refractivity (Wildman–Crippen MR) is 54.9 cm³/mol. The first kappa shape index (κ1) is 11.7. The van der Waals surface area contributed by atoms with Gasteiger partial charge in [0.2, 0.25) is 0 Å². The van der Waals surface area contributed by atoms with Crippen LogP contribution in [-0.4, -0.2) is 31.4 Å². The third-order valence-corrected chi connectivity index (χ3v) is 1.87. The van der Waals surface area contributed by atoms with Crippen LogP contribution in [0.4, 0.5) is 0 Å². The molecule has 1 rings (SSSR count). The molecule has 0 aliphatic carbocycles. The van der Waals surface area contributed by atoms with Crippen LogP contribution >= 0.6 is 0 Å². The molecule has 0 bridgehead atoms. The zero-order chi connectivity index (χ0) is 11.1. The lowest BCUT2D eigenvalue weighted by Gasteiger charge is -2.04. The molecule has 0 aliphatic rings. The second kappa shape index (κ2) is 6.16. The number of methoxy groups -OCH3 is 1. The molecule has 0 saturated heterocycles. The highest BCUT2D eigenvalue weighted by atomic mass is 16.5. The van der Waals surface area contributed by atoms with Crippen LogP contribution in [0.15, 0.2) is 24.3 Å². The Hall–Kier alpha value is -1.39. The van der Waals surface area contributed by atoms with Crippen molar-refractivity contribution >= 4 is 5.97 Å². The molecule has 4 nitrogen and oxygen atoms in total. The van der Waals surface area contributed by atoms with Crippen molar-refractivity contribution in [2.45, 2.75) is 6.61 Å². The van der Waals surface area contributed by atoms with Crippen LogP contribution in [0.5, 0.6) is 0 Å². The number of hydrogen-bond acceptors (Lipinski definition) is 3. The van der Waals surface area contributed by atoms with E-state index >= 15 is 0 Å². The van der Waals surface area contributed by atoms with Crippen molar-refractivity contribution in [1.29, 1.82) is 0 Å². The van der Waals surface area contributed by atoms with Crippen LogP contribution in [0.25, 0.3) is 0 Å². The summed E-state index contributed by atoms with van der Waals surface area (Å²) in [6, 6.07) is 6.70. The average Bonchev–Trinajstić information content (AvgIpc) is 2.25. The first-order chi connectivity index (χ1) is 7.24. The van der Waals surface area contributed by atoms with Gasteiger partial charge >= 0.3 is 5.97 Å². The van der Waals surface area contributed by atoms with E-state index in [0.29, 0.717) is 19.8 Å². The van der Waals surface area contributed by atoms with Gasteiger partial charge in [0, 0.05) is 7.11 Å². The first-order valence-electron chi connectivity index (χ1n) is 4.63. The fraction of sp³-hybridized carbons (Fsp3) is 0.364. The van der Waals surface area contributed by atoms with E-state index in [9.17, 15) is 4.79 Å². The van der Waals surface area contributed by atoms with Gasteiger partial charge in [-0.15, -0.1) is 0 Å². The van der Waals surface area contributed by atoms with Gasteiger partial charge in [-0.3, -0.25) is 0 Å². The van der Waals surface area contributed by atoms with E-state index in [1.165, 1.54) is 0 Å². The van der Waals surface area contributed by atoms with E-state index in [1.54, 1.807) is 25.3 Å². The van der Waals surface area contributed by atoms with Crippen molar-refractivity contribution < 1.29 is 19.4 Å². The van der Waals surface area contributed by atoms with Crippen LogP contribution in [0, 0.1) is 0 Å². The van der Waals surface area contributed by atoms with E-state index in [2.05, 4.69) is 0 Å². The molecule has 1 N–H and O–H groups in total. The Balaban J connectivity index is 2.47. The summed E-state index contributed by atoms with van der Waals surface area (Å²) in [4.78, 5) is 10.7. The molecule has 0 amide bonds. The molecule has 0 saturated carbocycles. The quantitative estimate of drug-likeness (QED) is 0.724. The fourth-order valence-electron chi connectivity index (χ4n) is 1.13. The number of hydrogen-bond donors (Lipinski definition) is 1. The number of carboxylic acids is 1. The van der Waals surface area contributed by atoms with Crippen molar-refractivity contribution in [3.63, 3.8) is 0 Å². The molecule has 0 heterocycles. The van der Waals surface area contributed by atoms with E-state index in [4.69, 9.17) is 14.6 Å². The van der Waals surface area contributed by atoms with Gasteiger partial charge in [0.25, 0.3) is 0 Å². The molecular weight excluding hydrogens is 196 g/mol. The number of rotatable bonds is 6. The third kappa shape index (κ3) is 4.10. The summed E-state index contributed by atoms with van der Waals surface area (Å²) < 4.78 is 10.1. The Morgan fingerprint density at radius 3 is 2.87 bits per heavy atom. The van der Waals surface area contributed by atoms with Gasteiger partial charge in [0.1, 0.15) is 0 Å². The van der Waals surface area contributed by atoms with Crippen LogP contribution < -0.4 is 0 Å². The van der Waals surface area contributed by atoms with Gasteiger partial charge in [-0.2, -0.15) is 0 Å². The van der Waals surface area contributed by atoms with E-state index in [0.717, 1.165) is 5.56 Å². The third-order valence-electron chi connectivity index (χ3n) is 1.87. The lowest BCUT2D eigenvalue weighted by atomic mass is 10.1. The summed E-state index contributed by atoms with van der Waals surface area (Å²) in [6.07, 6.45) is 0. The summed E-state index contributed by atoms with van der Waals surface area (Å²) >= 11 is 0. The maximum absolute atomic E-state index is 10.7. The molecule has 0 fully saturated rings. The second-order valence-electron chi connectivity index (χ2n) is 3.05. The first-order valence-corrected chi connectivity index (χ1v) is 4.63. The van der Waals surface area contributed by atoms with Gasteiger partial charge in [0.15, 0.2) is 0 Å². The zero-order valence-corrected chi connectivity index (χ0v) is 8.60. The van der Waals surface area contributed by atoms with E-state index in [-0.39, 0.29) is 5.56 Å². The summed E-state index contributed by atoms with van der Waals surface area (Å²) in [5.74, 6) is -0.922. The molecule has 15 heavy (non-hydrogen) atoms. The average molecular weight is 210 g/mol. The Kier molecular flexibility index (Phi) is 4.80. The summed E-state index contributed by atoms with van der Waals surface area (Å²) in [5.41, 5.74) is 1.13. The Bertz CT molecular complexity index is 322. The van der Waals surface area contributed by atoms with Crippen LogP contribution in [-0.2, 0) is 16.1 Å². The minimum Gasteiger partial charge on any atom is -0.478 e. The minimum absolute atomic E-state index is 0.280. The van der Waals surface area contributed by atoms with Crippen LogP contribution in [0.2, 0.25) is 0 Å². The number of carboxylic acid groups (broad SMARTS) is 1. The number of ether oxygens (including phenoxy) is 2. The van der Waals surface area contributed by atoms with Crippen LogP contribution in [0.3, 0.4) is 0 Å². The molecule has 0 spiro atoms. The standard InChI is InChI=1S/C11H14O4/c1-14-5-6-15-8-9-3-2-4-10(7-9)11(12)13/h2-4,7H,5-6,8H2,1H3,(H,12,13). The van der Waals surface area contributed by atoms with Crippen molar-refractivity contribution in [1.82, 2.24) is 0 Å². The normalized spacial score (nSPS) is 10.2. The van der Waals surface area contributed by atoms with Crippen molar-refractivity contribution in [3.8, 4) is 0 Å². The highest BCUT2D eigenvalue weighted by molar-refractivity contribution is 5.87. The molecule has 82 valence electrons. The molecule has 1 aromatic carbocycles. The second-order valence-corrected chi connectivity index (χ2v) is 3.05. The van der Waals surface area contributed by atoms with E-state index < -0.39 is 5.97 Å². The summed E-state index contributed by atoms with van der Waals surface area (Å²) in [5, 5.41) is 8.76. The highest BCUT2D eigenvalue weighted by Gasteiger charge is 2.02. The lowest BCUT2D eigenvalue weighted by Crippen LogP contribution is -2.03. The SMILES string of the molecule is COCCOCc1cccc(C(=O)O)c1. The molecule has 0 aliphatic heterocycles. The minimum atomic E-state index is -0.922. The van der Waals surface area contributed by atoms with Gasteiger partial charge in [-0.25, -0.2) is 4.79 Å².